The van der Waals surface area contributed by atoms with Crippen molar-refractivity contribution in [2.24, 2.45) is 0 Å². The highest BCUT2D eigenvalue weighted by atomic mass is 35.5. The molecule has 170 valence electrons. The fourth-order valence-corrected chi connectivity index (χ4v) is 4.43. The van der Waals surface area contributed by atoms with Crippen molar-refractivity contribution in [3.05, 3.63) is 63.0 Å². The number of imidazole rings is 1. The first-order valence-corrected chi connectivity index (χ1v) is 10.5. The minimum absolute atomic E-state index is 0.102. The maximum Gasteiger partial charge on any atom is 0.418 e. The summed E-state index contributed by atoms with van der Waals surface area (Å²) >= 11 is 6.02. The van der Waals surface area contributed by atoms with E-state index >= 15 is 0 Å². The van der Waals surface area contributed by atoms with Crippen molar-refractivity contribution in [2.45, 2.75) is 31.5 Å². The number of fused-ring (bicyclic) bond motifs is 1. The number of benzene rings is 2. The van der Waals surface area contributed by atoms with Gasteiger partial charge in [-0.05, 0) is 42.7 Å². The number of hydrogen-bond donors (Lipinski definition) is 1. The molecule has 32 heavy (non-hydrogen) atoms. The SMILES string of the molecule is COc1cc(CC(=O)N2CCC(n3c(=O)[nH]c4cccc(C(F)(F)F)c43)CC2)ccc1Cl. The van der Waals surface area contributed by atoms with Crippen LogP contribution in [0.4, 0.5) is 13.2 Å². The minimum Gasteiger partial charge on any atom is -0.495 e. The topological polar surface area (TPSA) is 67.3 Å². The fraction of sp³-hybridized carbons (Fsp3) is 0.364. The number of nitrogens with one attached hydrogen (secondary N) is 1. The van der Waals surface area contributed by atoms with Crippen LogP contribution in [0.1, 0.15) is 30.0 Å². The zero-order valence-corrected chi connectivity index (χ0v) is 18.0. The van der Waals surface area contributed by atoms with Crippen LogP contribution in [0.25, 0.3) is 11.0 Å². The molecule has 6 nitrogen and oxygen atoms in total. The van der Waals surface area contributed by atoms with Crippen LogP contribution in [0.3, 0.4) is 0 Å². The van der Waals surface area contributed by atoms with Crippen LogP contribution >= 0.6 is 11.6 Å². The Balaban J connectivity index is 1.51. The van der Waals surface area contributed by atoms with Crippen LogP contribution in [0.15, 0.2) is 41.2 Å². The lowest BCUT2D eigenvalue weighted by Crippen LogP contribution is -2.41. The first kappa shape index (κ1) is 22.3. The zero-order chi connectivity index (χ0) is 23.0. The Kier molecular flexibility index (Phi) is 5.94. The first-order chi connectivity index (χ1) is 15.2. The lowest BCUT2D eigenvalue weighted by Gasteiger charge is -2.33. The predicted molar refractivity (Wildman–Crippen MR) is 114 cm³/mol. The van der Waals surface area contributed by atoms with Crippen LogP contribution in [0, 0.1) is 0 Å². The fourth-order valence-electron chi connectivity index (χ4n) is 4.23. The minimum atomic E-state index is -4.58. The van der Waals surface area contributed by atoms with Gasteiger partial charge in [0.1, 0.15) is 5.75 Å². The van der Waals surface area contributed by atoms with E-state index in [1.165, 1.54) is 23.8 Å². The number of likely N-dealkylation sites (tertiary alicyclic amines) is 1. The highest BCUT2D eigenvalue weighted by Crippen LogP contribution is 2.36. The average Bonchev–Trinajstić information content (AvgIpc) is 3.10. The van der Waals surface area contributed by atoms with E-state index < -0.39 is 23.5 Å². The molecular formula is C22H21ClF3N3O3. The van der Waals surface area contributed by atoms with Gasteiger partial charge < -0.3 is 14.6 Å². The first-order valence-electron chi connectivity index (χ1n) is 10.1. The Hall–Kier alpha value is -2.94. The molecule has 1 saturated heterocycles. The highest BCUT2D eigenvalue weighted by molar-refractivity contribution is 6.32. The van der Waals surface area contributed by atoms with Crippen LogP contribution in [0.2, 0.25) is 5.02 Å². The molecule has 1 aliphatic heterocycles. The number of ether oxygens (including phenoxy) is 1. The van der Waals surface area contributed by atoms with Crippen molar-refractivity contribution < 1.29 is 22.7 Å². The molecule has 1 aliphatic rings. The summed E-state index contributed by atoms with van der Waals surface area (Å²) in [4.78, 5) is 29.4. The molecule has 0 spiro atoms. The van der Waals surface area contributed by atoms with Gasteiger partial charge in [0.2, 0.25) is 5.91 Å². The Labute approximate surface area is 186 Å². The summed E-state index contributed by atoms with van der Waals surface area (Å²) in [6, 6.07) is 8.40. The maximum absolute atomic E-state index is 13.5. The molecule has 1 aromatic heterocycles. The van der Waals surface area contributed by atoms with Crippen molar-refractivity contribution in [2.75, 3.05) is 20.2 Å². The van der Waals surface area contributed by atoms with Crippen molar-refractivity contribution in [3.63, 3.8) is 0 Å². The van der Waals surface area contributed by atoms with Gasteiger partial charge in [0.15, 0.2) is 0 Å². The Morgan fingerprint density at radius 2 is 1.94 bits per heavy atom. The lowest BCUT2D eigenvalue weighted by atomic mass is 10.0. The number of rotatable bonds is 4. The Morgan fingerprint density at radius 3 is 2.59 bits per heavy atom. The molecule has 0 unspecified atom stereocenters. The van der Waals surface area contributed by atoms with E-state index in [2.05, 4.69) is 4.98 Å². The normalized spacial score (nSPS) is 15.3. The molecule has 1 N–H and O–H groups in total. The van der Waals surface area contributed by atoms with Gasteiger partial charge in [-0.2, -0.15) is 13.2 Å². The number of para-hydroxylation sites is 1. The smallest absolute Gasteiger partial charge is 0.418 e. The third kappa shape index (κ3) is 4.21. The van der Waals surface area contributed by atoms with Crippen LogP contribution < -0.4 is 10.4 Å². The number of H-pyrrole nitrogens is 1. The molecule has 4 rings (SSSR count). The van der Waals surface area contributed by atoms with Gasteiger partial charge in [-0.1, -0.05) is 23.7 Å². The average molecular weight is 468 g/mol. The third-order valence-electron chi connectivity index (χ3n) is 5.80. The molecule has 0 atom stereocenters. The summed E-state index contributed by atoms with van der Waals surface area (Å²) in [5.74, 6) is 0.380. The molecule has 0 aliphatic carbocycles. The van der Waals surface area contributed by atoms with Gasteiger partial charge >= 0.3 is 11.9 Å². The number of carbonyl (C=O) groups excluding carboxylic acids is 1. The molecular weight excluding hydrogens is 447 g/mol. The Bertz CT molecular complexity index is 1210. The van der Waals surface area contributed by atoms with Gasteiger partial charge in [-0.3, -0.25) is 9.36 Å². The summed E-state index contributed by atoms with van der Waals surface area (Å²) in [6.45, 7) is 0.697. The van der Waals surface area contributed by atoms with Crippen molar-refractivity contribution in [3.8, 4) is 5.75 Å². The molecule has 1 amide bonds. The van der Waals surface area contributed by atoms with E-state index in [9.17, 15) is 22.8 Å². The number of carbonyl (C=O) groups is 1. The molecule has 10 heteroatoms. The quantitative estimate of drug-likeness (QED) is 0.617. The number of alkyl halides is 3. The summed E-state index contributed by atoms with van der Waals surface area (Å²) in [5, 5.41) is 0.451. The number of halogens is 4. The van der Waals surface area contributed by atoms with Crippen molar-refractivity contribution in [1.82, 2.24) is 14.5 Å². The number of amides is 1. The summed E-state index contributed by atoms with van der Waals surface area (Å²) < 4.78 is 47.0. The molecule has 0 radical (unpaired) electrons. The molecule has 0 bridgehead atoms. The van der Waals surface area contributed by atoms with Gasteiger partial charge in [0.05, 0.1) is 35.2 Å². The highest BCUT2D eigenvalue weighted by Gasteiger charge is 2.36. The number of methoxy groups -OCH3 is 1. The Morgan fingerprint density at radius 1 is 1.22 bits per heavy atom. The van der Waals surface area contributed by atoms with E-state index in [-0.39, 0.29) is 23.4 Å². The van der Waals surface area contributed by atoms with Gasteiger partial charge in [0.25, 0.3) is 0 Å². The van der Waals surface area contributed by atoms with Gasteiger partial charge in [0, 0.05) is 19.1 Å². The van der Waals surface area contributed by atoms with E-state index in [4.69, 9.17) is 16.3 Å². The number of aromatic nitrogens is 2. The van der Waals surface area contributed by atoms with E-state index in [0.29, 0.717) is 36.7 Å². The standard InChI is InChI=1S/C22H21ClF3N3O3/c1-32-18-11-13(5-6-16(18)23)12-19(30)28-9-7-14(8-10-28)29-20-15(22(24,25)26)3-2-4-17(20)27-21(29)31/h2-6,11,14H,7-10,12H2,1H3,(H,27,31). The zero-order valence-electron chi connectivity index (χ0n) is 17.2. The maximum atomic E-state index is 13.5. The molecule has 2 aromatic carbocycles. The van der Waals surface area contributed by atoms with Gasteiger partial charge in [-0.25, -0.2) is 4.79 Å². The van der Waals surface area contributed by atoms with E-state index in [0.717, 1.165) is 11.6 Å². The number of hydrogen-bond acceptors (Lipinski definition) is 3. The molecule has 3 aromatic rings. The predicted octanol–water partition coefficient (Wildman–Crippen LogP) is 4.42. The number of nitrogens with zero attached hydrogens (tertiary/aromatic N) is 2. The summed E-state index contributed by atoms with van der Waals surface area (Å²) in [7, 11) is 1.49. The second-order valence-corrected chi connectivity index (χ2v) is 8.16. The molecule has 1 fully saturated rings. The molecule has 2 heterocycles. The summed E-state index contributed by atoms with van der Waals surface area (Å²) in [5.41, 5.74) is -0.651. The van der Waals surface area contributed by atoms with Crippen molar-refractivity contribution in [1.29, 1.82) is 0 Å². The number of aromatic amines is 1. The second kappa shape index (κ2) is 8.54. The van der Waals surface area contributed by atoms with Gasteiger partial charge in [-0.15, -0.1) is 0 Å². The molecule has 0 saturated carbocycles. The second-order valence-electron chi connectivity index (χ2n) is 7.76. The van der Waals surface area contributed by atoms with Crippen LogP contribution in [0.5, 0.6) is 5.75 Å². The van der Waals surface area contributed by atoms with E-state index in [1.807, 2.05) is 0 Å². The van der Waals surface area contributed by atoms with Crippen LogP contribution in [-0.2, 0) is 17.4 Å². The number of piperidine rings is 1. The van der Waals surface area contributed by atoms with Crippen LogP contribution in [-0.4, -0.2) is 40.6 Å². The van der Waals surface area contributed by atoms with E-state index in [1.54, 1.807) is 23.1 Å². The largest absolute Gasteiger partial charge is 0.495 e. The summed E-state index contributed by atoms with van der Waals surface area (Å²) in [6.07, 6.45) is -3.65. The third-order valence-corrected chi connectivity index (χ3v) is 6.11. The lowest BCUT2D eigenvalue weighted by molar-refractivity contribution is -0.136. The monoisotopic (exact) mass is 467 g/mol. The van der Waals surface area contributed by atoms with Crippen molar-refractivity contribution >= 4 is 28.5 Å².